The summed E-state index contributed by atoms with van der Waals surface area (Å²) in [6.07, 6.45) is 13.0. The molecule has 30 heavy (non-hydrogen) atoms. The van der Waals surface area contributed by atoms with Gasteiger partial charge in [-0.1, -0.05) is 58.3 Å². The van der Waals surface area contributed by atoms with Gasteiger partial charge in [0, 0.05) is 38.9 Å². The highest BCUT2D eigenvalue weighted by atomic mass is 16.2. The monoisotopic (exact) mass is 426 g/mol. The lowest BCUT2D eigenvalue weighted by Gasteiger charge is -2.10. The summed E-state index contributed by atoms with van der Waals surface area (Å²) in [7, 11) is 3.99. The molecule has 0 aromatic heterocycles. The number of amides is 3. The molecule has 0 atom stereocenters. The van der Waals surface area contributed by atoms with Gasteiger partial charge in [0.1, 0.15) is 0 Å². The number of hydrogen-bond donors (Lipinski definition) is 3. The lowest BCUT2D eigenvalue weighted by Crippen LogP contribution is -2.34. The van der Waals surface area contributed by atoms with Crippen LogP contribution in [0.15, 0.2) is 0 Å². The van der Waals surface area contributed by atoms with Gasteiger partial charge in [-0.15, -0.1) is 0 Å². The van der Waals surface area contributed by atoms with E-state index in [0.717, 1.165) is 25.8 Å². The van der Waals surface area contributed by atoms with Crippen molar-refractivity contribution in [3.05, 3.63) is 0 Å². The summed E-state index contributed by atoms with van der Waals surface area (Å²) in [5, 5.41) is 8.36. The van der Waals surface area contributed by atoms with E-state index in [-0.39, 0.29) is 30.6 Å². The van der Waals surface area contributed by atoms with Crippen LogP contribution in [0.25, 0.3) is 0 Å². The molecule has 0 fully saturated rings. The van der Waals surface area contributed by atoms with Crippen molar-refractivity contribution in [3.8, 4) is 0 Å². The third-order valence-electron chi connectivity index (χ3n) is 4.96. The van der Waals surface area contributed by atoms with E-state index in [0.29, 0.717) is 26.1 Å². The molecule has 0 spiro atoms. The van der Waals surface area contributed by atoms with E-state index in [2.05, 4.69) is 27.8 Å². The van der Waals surface area contributed by atoms with Crippen LogP contribution in [0.3, 0.4) is 0 Å². The zero-order valence-corrected chi connectivity index (χ0v) is 19.7. The molecule has 0 radical (unpaired) electrons. The first-order chi connectivity index (χ1) is 14.5. The van der Waals surface area contributed by atoms with Gasteiger partial charge in [0.25, 0.3) is 0 Å². The van der Waals surface area contributed by atoms with Crippen LogP contribution in [-0.2, 0) is 14.4 Å². The van der Waals surface area contributed by atoms with Crippen molar-refractivity contribution in [2.24, 2.45) is 0 Å². The third kappa shape index (κ3) is 21.1. The number of hydrogen-bond acceptors (Lipinski definition) is 4. The molecule has 0 aliphatic carbocycles. The molecule has 3 N–H and O–H groups in total. The summed E-state index contributed by atoms with van der Waals surface area (Å²) < 4.78 is 0. The molecule has 0 saturated heterocycles. The summed E-state index contributed by atoms with van der Waals surface area (Å²) in [5.41, 5.74) is 0. The highest BCUT2D eigenvalue weighted by molar-refractivity contribution is 5.80. The van der Waals surface area contributed by atoms with E-state index in [1.165, 1.54) is 44.9 Å². The van der Waals surface area contributed by atoms with Crippen molar-refractivity contribution in [1.82, 2.24) is 20.9 Å². The van der Waals surface area contributed by atoms with Crippen molar-refractivity contribution in [1.29, 1.82) is 0 Å². The Morgan fingerprint density at radius 2 is 1.00 bits per heavy atom. The fourth-order valence-electron chi connectivity index (χ4n) is 3.12. The van der Waals surface area contributed by atoms with Gasteiger partial charge < -0.3 is 20.9 Å². The second-order valence-electron chi connectivity index (χ2n) is 8.29. The molecule has 0 aliphatic heterocycles. The van der Waals surface area contributed by atoms with Crippen LogP contribution in [-0.4, -0.2) is 62.9 Å². The lowest BCUT2D eigenvalue weighted by atomic mass is 10.1. The number of nitrogens with zero attached hydrogens (tertiary/aromatic N) is 1. The van der Waals surface area contributed by atoms with E-state index in [1.807, 2.05) is 14.1 Å². The Labute approximate surface area is 184 Å². The number of rotatable bonds is 20. The summed E-state index contributed by atoms with van der Waals surface area (Å²) >= 11 is 0. The Bertz CT molecular complexity index is 456. The smallest absolute Gasteiger partial charge is 0.221 e. The summed E-state index contributed by atoms with van der Waals surface area (Å²) in [6, 6.07) is 0. The largest absolute Gasteiger partial charge is 0.356 e. The molecule has 0 aromatic rings. The minimum Gasteiger partial charge on any atom is -0.356 e. The molecule has 7 nitrogen and oxygen atoms in total. The molecule has 0 unspecified atom stereocenters. The van der Waals surface area contributed by atoms with Gasteiger partial charge in [-0.05, 0) is 33.5 Å². The van der Waals surface area contributed by atoms with Gasteiger partial charge in [0.2, 0.25) is 17.7 Å². The van der Waals surface area contributed by atoms with E-state index in [4.69, 9.17) is 0 Å². The molecular formula is C23H46N4O3. The first-order valence-corrected chi connectivity index (χ1v) is 11.9. The normalized spacial score (nSPS) is 10.8. The average Bonchev–Trinajstić information content (AvgIpc) is 2.70. The quantitative estimate of drug-likeness (QED) is 0.261. The van der Waals surface area contributed by atoms with Gasteiger partial charge in [-0.25, -0.2) is 0 Å². The van der Waals surface area contributed by atoms with Crippen LogP contribution in [0, 0.1) is 0 Å². The van der Waals surface area contributed by atoms with Crippen molar-refractivity contribution in [3.63, 3.8) is 0 Å². The first-order valence-electron chi connectivity index (χ1n) is 11.9. The van der Waals surface area contributed by atoms with Crippen LogP contribution in [0.4, 0.5) is 0 Å². The Morgan fingerprint density at radius 3 is 1.50 bits per heavy atom. The summed E-state index contributed by atoms with van der Waals surface area (Å²) in [6.45, 7) is 4.48. The molecule has 7 heteroatoms. The minimum absolute atomic E-state index is 0.0165. The van der Waals surface area contributed by atoms with Crippen LogP contribution < -0.4 is 16.0 Å². The third-order valence-corrected chi connectivity index (χ3v) is 4.96. The number of carbonyl (C=O) groups excluding carboxylic acids is 3. The van der Waals surface area contributed by atoms with E-state index < -0.39 is 0 Å². The number of unbranched alkanes of at least 4 members (excludes halogenated alkanes) is 8. The standard InChI is InChI=1S/C23H46N4O3/c1-4-5-6-7-8-9-10-11-12-14-21(28)25-18-16-23(30)26-19-15-22(29)24-17-13-20-27(2)3/h4-20H2,1-3H3,(H,24,29)(H,25,28)(H,26,30). The molecule has 0 aromatic carbocycles. The predicted octanol–water partition coefficient (Wildman–Crippen LogP) is 2.99. The Balaban J connectivity index is 3.46. The summed E-state index contributed by atoms with van der Waals surface area (Å²) in [5.74, 6) is -0.176. The maximum atomic E-state index is 11.8. The van der Waals surface area contributed by atoms with Gasteiger partial charge in [-0.3, -0.25) is 14.4 Å². The molecule has 0 rings (SSSR count). The topological polar surface area (TPSA) is 90.5 Å². The molecule has 0 heterocycles. The Hall–Kier alpha value is -1.63. The second-order valence-corrected chi connectivity index (χ2v) is 8.29. The fraction of sp³-hybridized carbons (Fsp3) is 0.870. The maximum absolute atomic E-state index is 11.8. The highest BCUT2D eigenvalue weighted by Gasteiger charge is 2.06. The average molecular weight is 427 g/mol. The maximum Gasteiger partial charge on any atom is 0.221 e. The Kier molecular flexibility index (Phi) is 19.5. The lowest BCUT2D eigenvalue weighted by molar-refractivity contribution is -0.122. The molecule has 0 aliphatic rings. The van der Waals surface area contributed by atoms with E-state index in [1.54, 1.807) is 0 Å². The predicted molar refractivity (Wildman–Crippen MR) is 123 cm³/mol. The summed E-state index contributed by atoms with van der Waals surface area (Å²) in [4.78, 5) is 37.3. The van der Waals surface area contributed by atoms with Gasteiger partial charge in [0.15, 0.2) is 0 Å². The van der Waals surface area contributed by atoms with Crippen molar-refractivity contribution in [2.75, 3.05) is 40.3 Å². The van der Waals surface area contributed by atoms with Crippen LogP contribution >= 0.6 is 0 Å². The molecule has 0 bridgehead atoms. The highest BCUT2D eigenvalue weighted by Crippen LogP contribution is 2.10. The van der Waals surface area contributed by atoms with Gasteiger partial charge in [0.05, 0.1) is 0 Å². The van der Waals surface area contributed by atoms with E-state index in [9.17, 15) is 14.4 Å². The van der Waals surface area contributed by atoms with Crippen LogP contribution in [0.5, 0.6) is 0 Å². The molecule has 176 valence electrons. The molecular weight excluding hydrogens is 380 g/mol. The van der Waals surface area contributed by atoms with Crippen molar-refractivity contribution < 1.29 is 14.4 Å². The van der Waals surface area contributed by atoms with Gasteiger partial charge in [-0.2, -0.15) is 0 Å². The number of carbonyl (C=O) groups is 3. The van der Waals surface area contributed by atoms with Crippen molar-refractivity contribution in [2.45, 2.75) is 90.4 Å². The first kappa shape index (κ1) is 28.4. The number of nitrogens with one attached hydrogen (secondary N) is 3. The minimum atomic E-state index is -0.140. The molecule has 3 amide bonds. The fourth-order valence-corrected chi connectivity index (χ4v) is 3.12. The van der Waals surface area contributed by atoms with E-state index >= 15 is 0 Å². The van der Waals surface area contributed by atoms with Crippen molar-refractivity contribution >= 4 is 17.7 Å². The SMILES string of the molecule is CCCCCCCCCCCC(=O)NCCC(=O)NCCC(=O)NCCCN(C)C. The zero-order valence-electron chi connectivity index (χ0n) is 19.7. The zero-order chi connectivity index (χ0) is 22.5. The van der Waals surface area contributed by atoms with Crippen LogP contribution in [0.2, 0.25) is 0 Å². The molecule has 0 saturated carbocycles. The van der Waals surface area contributed by atoms with Crippen LogP contribution in [0.1, 0.15) is 90.4 Å². The van der Waals surface area contributed by atoms with Gasteiger partial charge >= 0.3 is 0 Å². The second kappa shape index (κ2) is 20.6. The Morgan fingerprint density at radius 1 is 0.567 bits per heavy atom.